The number of nitrogens with one attached hydrogen (secondary N) is 1. The van der Waals surface area contributed by atoms with E-state index < -0.39 is 0 Å². The average Bonchev–Trinajstić information content (AvgIpc) is 2.46. The van der Waals surface area contributed by atoms with Gasteiger partial charge in [0.1, 0.15) is 0 Å². The molecule has 1 saturated heterocycles. The van der Waals surface area contributed by atoms with E-state index >= 15 is 0 Å². The first-order chi connectivity index (χ1) is 7.47. The number of rotatable bonds is 5. The molecular weight excluding hydrogens is 200 g/mol. The summed E-state index contributed by atoms with van der Waals surface area (Å²) >= 11 is 0. The van der Waals surface area contributed by atoms with Crippen LogP contribution in [0.1, 0.15) is 47.5 Å². The molecule has 1 aliphatic rings. The number of carbonyl (C=O) groups is 1. The molecule has 0 radical (unpaired) electrons. The van der Waals surface area contributed by atoms with Gasteiger partial charge in [-0.25, -0.2) is 0 Å². The van der Waals surface area contributed by atoms with Gasteiger partial charge in [-0.2, -0.15) is 0 Å². The van der Waals surface area contributed by atoms with Crippen molar-refractivity contribution in [3.8, 4) is 0 Å². The van der Waals surface area contributed by atoms with Crippen LogP contribution in [0.3, 0.4) is 0 Å². The third-order valence-corrected chi connectivity index (χ3v) is 3.12. The molecule has 2 atom stereocenters. The Hall–Kier alpha value is -0.570. The second kappa shape index (κ2) is 5.67. The first-order valence-corrected chi connectivity index (χ1v) is 6.53. The maximum absolute atomic E-state index is 12.2. The Morgan fingerprint density at radius 1 is 1.31 bits per heavy atom. The van der Waals surface area contributed by atoms with Gasteiger partial charge in [0.25, 0.3) is 0 Å². The molecule has 1 heterocycles. The first kappa shape index (κ1) is 13.5. The second-order valence-electron chi connectivity index (χ2n) is 5.57. The van der Waals surface area contributed by atoms with Gasteiger partial charge >= 0.3 is 0 Å². The zero-order chi connectivity index (χ0) is 12.3. The molecule has 16 heavy (non-hydrogen) atoms. The molecule has 1 fully saturated rings. The monoisotopic (exact) mass is 226 g/mol. The van der Waals surface area contributed by atoms with Crippen molar-refractivity contribution in [1.29, 1.82) is 0 Å². The van der Waals surface area contributed by atoms with Gasteiger partial charge in [0, 0.05) is 6.54 Å². The predicted octanol–water partition coefficient (Wildman–Crippen LogP) is 2.22. The van der Waals surface area contributed by atoms with E-state index in [1.165, 1.54) is 0 Å². The van der Waals surface area contributed by atoms with Crippen molar-refractivity contribution >= 4 is 5.91 Å². The number of hydrogen-bond acceptors (Lipinski definition) is 2. The lowest BCUT2D eigenvalue weighted by Gasteiger charge is -2.25. The summed E-state index contributed by atoms with van der Waals surface area (Å²) in [5, 5.41) is 3.48. The van der Waals surface area contributed by atoms with E-state index in [1.807, 2.05) is 4.90 Å². The maximum atomic E-state index is 12.2. The summed E-state index contributed by atoms with van der Waals surface area (Å²) in [4.78, 5) is 14.2. The van der Waals surface area contributed by atoms with Gasteiger partial charge in [0.15, 0.2) is 0 Å². The Morgan fingerprint density at radius 2 is 1.94 bits per heavy atom. The number of hydrogen-bond donors (Lipinski definition) is 1. The van der Waals surface area contributed by atoms with Crippen molar-refractivity contribution in [3.63, 3.8) is 0 Å². The van der Waals surface area contributed by atoms with Crippen molar-refractivity contribution in [3.05, 3.63) is 0 Å². The molecule has 1 aliphatic heterocycles. The lowest BCUT2D eigenvalue weighted by atomic mass is 10.0. The maximum Gasteiger partial charge on any atom is 0.241 e. The van der Waals surface area contributed by atoms with Gasteiger partial charge < -0.3 is 4.90 Å². The van der Waals surface area contributed by atoms with Crippen LogP contribution >= 0.6 is 0 Å². The molecule has 2 unspecified atom stereocenters. The first-order valence-electron chi connectivity index (χ1n) is 6.53. The van der Waals surface area contributed by atoms with Crippen LogP contribution in [0, 0.1) is 11.8 Å². The lowest BCUT2D eigenvalue weighted by molar-refractivity contribution is -0.130. The molecule has 0 aromatic rings. The lowest BCUT2D eigenvalue weighted by Crippen LogP contribution is -2.39. The zero-order valence-electron chi connectivity index (χ0n) is 11.3. The summed E-state index contributed by atoms with van der Waals surface area (Å²) in [5.41, 5.74) is 0. The third-order valence-electron chi connectivity index (χ3n) is 3.12. The van der Waals surface area contributed by atoms with Gasteiger partial charge in [-0.1, -0.05) is 34.6 Å². The molecule has 3 nitrogen and oxygen atoms in total. The second-order valence-corrected chi connectivity index (χ2v) is 5.57. The van der Waals surface area contributed by atoms with Crippen LogP contribution in [0.25, 0.3) is 0 Å². The number of amides is 1. The fourth-order valence-electron chi connectivity index (χ4n) is 2.33. The standard InChI is InChI=1S/C13H26N2O/c1-6-7-15-11(8-9(2)3)14-12(10(4)5)13(15)16/h9-12,14H,6-8H2,1-5H3. The fraction of sp³-hybridized carbons (Fsp3) is 0.923. The molecule has 3 heteroatoms. The summed E-state index contributed by atoms with van der Waals surface area (Å²) in [6, 6.07) is 0.0234. The normalized spacial score (nSPS) is 26.2. The number of carbonyl (C=O) groups excluding carboxylic acids is 1. The summed E-state index contributed by atoms with van der Waals surface area (Å²) in [5.74, 6) is 1.29. The van der Waals surface area contributed by atoms with E-state index in [-0.39, 0.29) is 12.2 Å². The zero-order valence-corrected chi connectivity index (χ0v) is 11.3. The van der Waals surface area contributed by atoms with Crippen molar-refractivity contribution < 1.29 is 4.79 Å². The van der Waals surface area contributed by atoms with Crippen molar-refractivity contribution in [2.24, 2.45) is 11.8 Å². The van der Waals surface area contributed by atoms with Gasteiger partial charge in [0.05, 0.1) is 12.2 Å². The molecule has 0 aromatic carbocycles. The van der Waals surface area contributed by atoms with Gasteiger partial charge in [-0.3, -0.25) is 10.1 Å². The van der Waals surface area contributed by atoms with Crippen molar-refractivity contribution in [2.45, 2.75) is 59.7 Å². The van der Waals surface area contributed by atoms with Crippen LogP contribution < -0.4 is 5.32 Å². The summed E-state index contributed by atoms with van der Waals surface area (Å²) in [6.07, 6.45) is 2.33. The highest BCUT2D eigenvalue weighted by Crippen LogP contribution is 2.21. The predicted molar refractivity (Wildman–Crippen MR) is 67.0 cm³/mol. The summed E-state index contributed by atoms with van der Waals surface area (Å²) in [7, 11) is 0. The summed E-state index contributed by atoms with van der Waals surface area (Å²) < 4.78 is 0. The summed E-state index contributed by atoms with van der Waals surface area (Å²) in [6.45, 7) is 11.6. The molecule has 1 N–H and O–H groups in total. The molecule has 0 aliphatic carbocycles. The minimum atomic E-state index is 0.0234. The SMILES string of the molecule is CCCN1C(=O)C(C(C)C)NC1CC(C)C. The average molecular weight is 226 g/mol. The molecule has 1 rings (SSSR count). The van der Waals surface area contributed by atoms with Gasteiger partial charge in [0.2, 0.25) is 5.91 Å². The highest BCUT2D eigenvalue weighted by Gasteiger charge is 2.39. The van der Waals surface area contributed by atoms with E-state index in [4.69, 9.17) is 0 Å². The van der Waals surface area contributed by atoms with Crippen LogP contribution in [0.4, 0.5) is 0 Å². The van der Waals surface area contributed by atoms with E-state index in [0.29, 0.717) is 17.7 Å². The van der Waals surface area contributed by atoms with Crippen LogP contribution in [0.5, 0.6) is 0 Å². The van der Waals surface area contributed by atoms with Crippen LogP contribution in [-0.4, -0.2) is 29.6 Å². The molecule has 0 aromatic heterocycles. The van der Waals surface area contributed by atoms with Gasteiger partial charge in [-0.05, 0) is 24.7 Å². The van der Waals surface area contributed by atoms with Crippen molar-refractivity contribution in [2.75, 3.05) is 6.54 Å². The van der Waals surface area contributed by atoms with E-state index in [1.54, 1.807) is 0 Å². The molecule has 0 saturated carbocycles. The Balaban J connectivity index is 2.71. The fourth-order valence-corrected chi connectivity index (χ4v) is 2.33. The Kier molecular flexibility index (Phi) is 4.78. The minimum absolute atomic E-state index is 0.0234. The topological polar surface area (TPSA) is 32.3 Å². The van der Waals surface area contributed by atoms with Crippen LogP contribution in [0.15, 0.2) is 0 Å². The smallest absolute Gasteiger partial charge is 0.241 e. The highest BCUT2D eigenvalue weighted by atomic mass is 16.2. The van der Waals surface area contributed by atoms with E-state index in [9.17, 15) is 4.79 Å². The van der Waals surface area contributed by atoms with Crippen LogP contribution in [-0.2, 0) is 4.79 Å². The molecule has 94 valence electrons. The number of nitrogens with zero attached hydrogens (tertiary/aromatic N) is 1. The molecule has 0 spiro atoms. The third kappa shape index (κ3) is 2.97. The molecular formula is C13H26N2O. The van der Waals surface area contributed by atoms with Crippen LogP contribution in [0.2, 0.25) is 0 Å². The van der Waals surface area contributed by atoms with Crippen molar-refractivity contribution in [1.82, 2.24) is 10.2 Å². The quantitative estimate of drug-likeness (QED) is 0.779. The Morgan fingerprint density at radius 3 is 2.38 bits per heavy atom. The van der Waals surface area contributed by atoms with Gasteiger partial charge in [-0.15, -0.1) is 0 Å². The largest absolute Gasteiger partial charge is 0.326 e. The Labute approximate surface area is 99.6 Å². The molecule has 1 amide bonds. The van der Waals surface area contributed by atoms with E-state index in [2.05, 4.69) is 39.9 Å². The Bertz CT molecular complexity index is 238. The highest BCUT2D eigenvalue weighted by molar-refractivity contribution is 5.84. The minimum Gasteiger partial charge on any atom is -0.326 e. The van der Waals surface area contributed by atoms with E-state index in [0.717, 1.165) is 19.4 Å². The molecule has 0 bridgehead atoms.